The summed E-state index contributed by atoms with van der Waals surface area (Å²) in [6, 6.07) is 1.09. The maximum atomic E-state index is 11.9. The third-order valence-electron chi connectivity index (χ3n) is 3.19. The molecule has 0 aliphatic carbocycles. The molecule has 0 aromatic carbocycles. The Morgan fingerprint density at radius 3 is 2.48 bits per heavy atom. The maximum absolute atomic E-state index is 11.9. The van der Waals surface area contributed by atoms with Gasteiger partial charge in [-0.15, -0.1) is 0 Å². The highest BCUT2D eigenvalue weighted by Gasteiger charge is 2.23. The zero-order valence-corrected chi connectivity index (χ0v) is 12.4. The molecule has 2 rings (SSSR count). The van der Waals surface area contributed by atoms with Crippen molar-refractivity contribution in [3.05, 3.63) is 28.1 Å². The highest BCUT2D eigenvalue weighted by Crippen LogP contribution is 2.14. The molecule has 3 amide bonds. The van der Waals surface area contributed by atoms with Crippen molar-refractivity contribution in [3.8, 4) is 0 Å². The van der Waals surface area contributed by atoms with E-state index in [0.29, 0.717) is 0 Å². The maximum Gasteiger partial charge on any atom is 0.287 e. The van der Waals surface area contributed by atoms with Crippen LogP contribution in [0, 0.1) is 10.1 Å². The van der Waals surface area contributed by atoms with Crippen LogP contribution in [0.3, 0.4) is 0 Å². The largest absolute Gasteiger partial charge is 0.340 e. The van der Waals surface area contributed by atoms with Gasteiger partial charge in [0.25, 0.3) is 17.5 Å². The van der Waals surface area contributed by atoms with Crippen LogP contribution in [0.5, 0.6) is 0 Å². The molecule has 0 unspecified atom stereocenters. The number of nitrogens with one attached hydrogen (secondary N) is 2. The first kappa shape index (κ1) is 16.1. The van der Waals surface area contributed by atoms with Gasteiger partial charge in [-0.2, -0.15) is 5.10 Å². The van der Waals surface area contributed by atoms with Crippen molar-refractivity contribution in [3.63, 3.8) is 0 Å². The SMILES string of the molecule is CN1N=C(C(=O)NNC(=O)c2cc([N+](=O)[O-])cn2C)CCC1=O. The van der Waals surface area contributed by atoms with E-state index in [0.717, 1.165) is 11.1 Å². The second-order valence-electron chi connectivity index (χ2n) is 4.82. The van der Waals surface area contributed by atoms with Gasteiger partial charge in [0.15, 0.2) is 0 Å². The van der Waals surface area contributed by atoms with Crippen molar-refractivity contribution in [1.29, 1.82) is 0 Å². The Kier molecular flexibility index (Phi) is 4.39. The van der Waals surface area contributed by atoms with Gasteiger partial charge in [0, 0.05) is 33.0 Å². The Balaban J connectivity index is 1.99. The Morgan fingerprint density at radius 2 is 1.91 bits per heavy atom. The van der Waals surface area contributed by atoms with E-state index in [1.807, 2.05) is 0 Å². The zero-order valence-electron chi connectivity index (χ0n) is 12.4. The predicted molar refractivity (Wildman–Crippen MR) is 77.1 cm³/mol. The number of hydrogen-bond acceptors (Lipinski definition) is 6. The number of rotatable bonds is 3. The summed E-state index contributed by atoms with van der Waals surface area (Å²) in [5.41, 5.74) is 4.19. The number of hydrogen-bond donors (Lipinski definition) is 2. The van der Waals surface area contributed by atoms with Gasteiger partial charge in [-0.3, -0.25) is 35.3 Å². The van der Waals surface area contributed by atoms with E-state index in [1.54, 1.807) is 0 Å². The van der Waals surface area contributed by atoms with Crippen LogP contribution in [0.4, 0.5) is 5.69 Å². The summed E-state index contributed by atoms with van der Waals surface area (Å²) in [6.07, 6.45) is 1.50. The molecule has 0 saturated heterocycles. The number of carbonyl (C=O) groups is 3. The topological polar surface area (TPSA) is 139 Å². The summed E-state index contributed by atoms with van der Waals surface area (Å²) in [6.45, 7) is 0. The van der Waals surface area contributed by atoms with E-state index in [-0.39, 0.29) is 35.8 Å². The van der Waals surface area contributed by atoms with Crippen molar-refractivity contribution in [1.82, 2.24) is 20.4 Å². The van der Waals surface area contributed by atoms with Crippen molar-refractivity contribution >= 4 is 29.1 Å². The van der Waals surface area contributed by atoms with Gasteiger partial charge in [0.05, 0.1) is 11.1 Å². The number of aryl methyl sites for hydroxylation is 1. The molecule has 1 aliphatic rings. The summed E-state index contributed by atoms with van der Waals surface area (Å²) in [7, 11) is 2.89. The van der Waals surface area contributed by atoms with E-state index in [9.17, 15) is 24.5 Å². The van der Waals surface area contributed by atoms with Crippen LogP contribution in [-0.2, 0) is 16.6 Å². The molecule has 0 atom stereocenters. The summed E-state index contributed by atoms with van der Waals surface area (Å²) in [5, 5.41) is 15.5. The molecule has 1 aromatic rings. The lowest BCUT2D eigenvalue weighted by Crippen LogP contribution is -2.47. The van der Waals surface area contributed by atoms with Crippen molar-refractivity contribution in [2.24, 2.45) is 12.1 Å². The number of nitrogens with zero attached hydrogens (tertiary/aromatic N) is 4. The van der Waals surface area contributed by atoms with Crippen molar-refractivity contribution in [2.75, 3.05) is 7.05 Å². The summed E-state index contributed by atoms with van der Waals surface area (Å²) in [5.74, 6) is -1.57. The first-order chi connectivity index (χ1) is 10.8. The number of amides is 3. The highest BCUT2D eigenvalue weighted by atomic mass is 16.6. The van der Waals surface area contributed by atoms with Gasteiger partial charge in [-0.25, -0.2) is 5.01 Å². The Hall–Kier alpha value is -3.24. The molecule has 1 aromatic heterocycles. The Bertz CT molecular complexity index is 722. The molecule has 0 saturated carbocycles. The van der Waals surface area contributed by atoms with E-state index in [4.69, 9.17) is 0 Å². The minimum absolute atomic E-state index is 0.00915. The lowest BCUT2D eigenvalue weighted by atomic mass is 10.1. The fraction of sp³-hybridized carbons (Fsp3) is 0.333. The van der Waals surface area contributed by atoms with E-state index < -0.39 is 16.7 Å². The Labute approximate surface area is 130 Å². The molecule has 122 valence electrons. The average molecular weight is 322 g/mol. The molecular formula is C12H14N6O5. The van der Waals surface area contributed by atoms with Gasteiger partial charge < -0.3 is 4.57 Å². The van der Waals surface area contributed by atoms with Crippen LogP contribution in [-0.4, -0.2) is 45.0 Å². The molecule has 11 nitrogen and oxygen atoms in total. The number of nitro groups is 1. The first-order valence-corrected chi connectivity index (χ1v) is 6.55. The number of hydrazine groups is 1. The highest BCUT2D eigenvalue weighted by molar-refractivity contribution is 6.39. The molecule has 2 N–H and O–H groups in total. The molecule has 11 heteroatoms. The monoisotopic (exact) mass is 322 g/mol. The minimum Gasteiger partial charge on any atom is -0.340 e. The minimum atomic E-state index is -0.713. The van der Waals surface area contributed by atoms with Crippen LogP contribution in [0.25, 0.3) is 0 Å². The second kappa shape index (κ2) is 6.25. The van der Waals surface area contributed by atoms with Gasteiger partial charge >= 0.3 is 0 Å². The third-order valence-corrected chi connectivity index (χ3v) is 3.19. The van der Waals surface area contributed by atoms with Crippen LogP contribution in [0.15, 0.2) is 17.4 Å². The molecule has 2 heterocycles. The zero-order chi connectivity index (χ0) is 17.1. The summed E-state index contributed by atoms with van der Waals surface area (Å²) in [4.78, 5) is 45.1. The lowest BCUT2D eigenvalue weighted by molar-refractivity contribution is -0.384. The van der Waals surface area contributed by atoms with Crippen LogP contribution >= 0.6 is 0 Å². The molecule has 1 aliphatic heterocycles. The smallest absolute Gasteiger partial charge is 0.287 e. The van der Waals surface area contributed by atoms with Crippen LogP contribution in [0.1, 0.15) is 23.3 Å². The lowest BCUT2D eigenvalue weighted by Gasteiger charge is -2.18. The van der Waals surface area contributed by atoms with E-state index >= 15 is 0 Å². The second-order valence-corrected chi connectivity index (χ2v) is 4.82. The van der Waals surface area contributed by atoms with Gasteiger partial charge in [-0.1, -0.05) is 0 Å². The molecular weight excluding hydrogens is 308 g/mol. The van der Waals surface area contributed by atoms with Gasteiger partial charge in [0.2, 0.25) is 5.91 Å². The summed E-state index contributed by atoms with van der Waals surface area (Å²) >= 11 is 0. The number of aromatic nitrogens is 1. The quantitative estimate of drug-likeness (QED) is 0.559. The van der Waals surface area contributed by atoms with Crippen molar-refractivity contribution < 1.29 is 19.3 Å². The summed E-state index contributed by atoms with van der Waals surface area (Å²) < 4.78 is 1.27. The molecule has 0 fully saturated rings. The molecule has 0 radical (unpaired) electrons. The fourth-order valence-corrected chi connectivity index (χ4v) is 1.96. The molecule has 0 spiro atoms. The Morgan fingerprint density at radius 1 is 1.26 bits per heavy atom. The van der Waals surface area contributed by atoms with E-state index in [2.05, 4.69) is 16.0 Å². The normalized spacial score (nSPS) is 14.3. The van der Waals surface area contributed by atoms with Crippen LogP contribution < -0.4 is 10.9 Å². The van der Waals surface area contributed by atoms with Crippen LogP contribution in [0.2, 0.25) is 0 Å². The van der Waals surface area contributed by atoms with Crippen molar-refractivity contribution in [2.45, 2.75) is 12.8 Å². The first-order valence-electron chi connectivity index (χ1n) is 6.55. The number of carbonyl (C=O) groups excluding carboxylic acids is 3. The standard InChI is InChI=1S/C12H14N6O5/c1-16-6-7(18(22)23)5-9(16)12(21)14-13-11(20)8-3-4-10(19)17(2)15-8/h5-6H,3-4H2,1-2H3,(H,13,20)(H,14,21). The molecule has 0 bridgehead atoms. The van der Waals surface area contributed by atoms with Gasteiger partial charge in [-0.05, 0) is 0 Å². The number of hydrazone groups is 1. The third kappa shape index (κ3) is 3.51. The van der Waals surface area contributed by atoms with E-state index in [1.165, 1.54) is 24.9 Å². The van der Waals surface area contributed by atoms with Gasteiger partial charge in [0.1, 0.15) is 11.4 Å². The predicted octanol–water partition coefficient (Wildman–Crippen LogP) is -0.698. The average Bonchev–Trinajstić information content (AvgIpc) is 2.89. The fourth-order valence-electron chi connectivity index (χ4n) is 1.96. The molecule has 23 heavy (non-hydrogen) atoms.